The Morgan fingerprint density at radius 1 is 1.13 bits per heavy atom. The first-order valence-corrected chi connectivity index (χ1v) is 15.9. The maximum atomic E-state index is 11.6. The highest BCUT2D eigenvalue weighted by Crippen LogP contribution is 2.30. The zero-order valence-corrected chi connectivity index (χ0v) is 25.6. The number of ether oxygens (including phenoxy) is 3. The molecule has 3 atom stereocenters. The summed E-state index contributed by atoms with van der Waals surface area (Å²) in [6, 6.07) is 11.5. The minimum atomic E-state index is -0.929. The molecular formula is C34H40N6O5. The second kappa shape index (κ2) is 13.1. The molecule has 5 heterocycles. The number of imidazole rings is 1. The zero-order valence-electron chi connectivity index (χ0n) is 25.6. The van der Waals surface area contributed by atoms with Crippen LogP contribution in [-0.4, -0.2) is 100 Å². The lowest BCUT2D eigenvalue weighted by Crippen LogP contribution is -2.35. The quantitative estimate of drug-likeness (QED) is 0.323. The van der Waals surface area contributed by atoms with Gasteiger partial charge in [0.1, 0.15) is 12.4 Å². The topological polar surface area (TPSA) is 115 Å². The lowest BCUT2D eigenvalue weighted by molar-refractivity contribution is -0.0592. The number of piperidine rings is 1. The van der Waals surface area contributed by atoms with E-state index in [1.807, 2.05) is 24.4 Å². The molecule has 4 aliphatic rings. The second-order valence-corrected chi connectivity index (χ2v) is 12.3. The number of nitrogens with zero attached hydrogens (tertiary/aromatic N) is 6. The largest absolute Gasteiger partial charge is 0.478 e. The van der Waals surface area contributed by atoms with Crippen LogP contribution in [0.4, 0.5) is 0 Å². The molecule has 7 rings (SSSR count). The van der Waals surface area contributed by atoms with Crippen LogP contribution in [0.3, 0.4) is 0 Å². The maximum Gasteiger partial charge on any atom is 0.335 e. The Labute approximate surface area is 262 Å². The first-order chi connectivity index (χ1) is 22.0. The molecule has 0 radical (unpaired) electrons. The van der Waals surface area contributed by atoms with Gasteiger partial charge in [0.2, 0.25) is 5.88 Å². The smallest absolute Gasteiger partial charge is 0.335 e. The van der Waals surface area contributed by atoms with Gasteiger partial charge < -0.3 is 23.9 Å². The van der Waals surface area contributed by atoms with E-state index in [9.17, 15) is 9.90 Å². The molecule has 0 bridgehead atoms. The van der Waals surface area contributed by atoms with Crippen LogP contribution in [0.2, 0.25) is 0 Å². The molecule has 2 fully saturated rings. The van der Waals surface area contributed by atoms with E-state index in [2.05, 4.69) is 43.9 Å². The van der Waals surface area contributed by atoms with Gasteiger partial charge >= 0.3 is 5.97 Å². The number of hydrazone groups is 1. The molecule has 0 amide bonds. The zero-order chi connectivity index (χ0) is 30.8. The molecule has 2 aromatic heterocycles. The number of hydrogen-bond donors (Lipinski definition) is 1. The number of aromatic carboxylic acids is 1. The van der Waals surface area contributed by atoms with Crippen LogP contribution >= 0.6 is 0 Å². The molecule has 1 N–H and O–H groups in total. The van der Waals surface area contributed by atoms with Crippen molar-refractivity contribution in [1.82, 2.24) is 24.4 Å². The second-order valence-electron chi connectivity index (χ2n) is 12.3. The maximum absolute atomic E-state index is 11.6. The monoisotopic (exact) mass is 612 g/mol. The number of carboxylic acid groups (broad SMARTS) is 1. The van der Waals surface area contributed by atoms with Gasteiger partial charge in [0, 0.05) is 43.5 Å². The Morgan fingerprint density at radius 2 is 2.00 bits per heavy atom. The van der Waals surface area contributed by atoms with Gasteiger partial charge in [-0.1, -0.05) is 24.3 Å². The molecule has 1 aromatic carbocycles. The summed E-state index contributed by atoms with van der Waals surface area (Å²) in [4.78, 5) is 23.9. The summed E-state index contributed by atoms with van der Waals surface area (Å²) in [5.74, 6) is 1.33. The van der Waals surface area contributed by atoms with Crippen molar-refractivity contribution in [2.75, 3.05) is 46.6 Å². The standard InChI is InChI=1S/C34H40N6O5/c1-43-16-14-40-30-17-23(5-6-26(30)19-35-40)22-45-33-4-2-3-28(37-33)24-9-12-38(13-10-24)21-32-36-29-8-7-25(34(41)42)18-31(29)39(32)20-27-11-15-44-27/h2-8,17-19,24,26-27,30H,9-16,20-22H2,1H3,(H,41,42)/t26?,27-,30?/m0/s1. The van der Waals surface area contributed by atoms with E-state index >= 15 is 0 Å². The van der Waals surface area contributed by atoms with Gasteiger partial charge in [-0.25, -0.2) is 14.8 Å². The first-order valence-electron chi connectivity index (χ1n) is 15.9. The Morgan fingerprint density at radius 3 is 2.78 bits per heavy atom. The molecule has 236 valence electrons. The summed E-state index contributed by atoms with van der Waals surface area (Å²) in [7, 11) is 1.71. The molecule has 0 spiro atoms. The third kappa shape index (κ3) is 6.51. The van der Waals surface area contributed by atoms with Gasteiger partial charge in [0.25, 0.3) is 0 Å². The minimum absolute atomic E-state index is 0.149. The number of aromatic nitrogens is 3. The number of benzene rings is 1. The van der Waals surface area contributed by atoms with Gasteiger partial charge in [-0.3, -0.25) is 9.91 Å². The predicted molar refractivity (Wildman–Crippen MR) is 170 cm³/mol. The number of rotatable bonds is 12. The SMILES string of the molecule is COCCN1N=CC2C=CC(COc3cccc(C4CCN(Cc5nc6ccc(C(=O)O)cc6n5C[C@@H]5CCO5)CC4)n3)=CC21. The lowest BCUT2D eigenvalue weighted by atomic mass is 9.93. The van der Waals surface area contributed by atoms with Crippen LogP contribution in [-0.2, 0) is 22.6 Å². The van der Waals surface area contributed by atoms with Crippen molar-refractivity contribution >= 4 is 23.2 Å². The average molecular weight is 613 g/mol. The fourth-order valence-corrected chi connectivity index (χ4v) is 6.63. The molecule has 1 aliphatic carbocycles. The summed E-state index contributed by atoms with van der Waals surface area (Å²) in [5.41, 5.74) is 4.16. The van der Waals surface area contributed by atoms with Crippen molar-refractivity contribution in [1.29, 1.82) is 0 Å². The van der Waals surface area contributed by atoms with Crippen LogP contribution in [0, 0.1) is 5.92 Å². The molecular weight excluding hydrogens is 572 g/mol. The van der Waals surface area contributed by atoms with Crippen LogP contribution in [0.5, 0.6) is 5.88 Å². The summed E-state index contributed by atoms with van der Waals surface area (Å²) in [5, 5.41) is 16.2. The summed E-state index contributed by atoms with van der Waals surface area (Å²) in [6.07, 6.45) is 11.7. The Kier molecular flexibility index (Phi) is 8.64. The fraction of sp³-hybridized carbons (Fsp3) is 0.471. The Bertz CT molecular complexity index is 1620. The van der Waals surface area contributed by atoms with E-state index in [0.717, 1.165) is 73.6 Å². The summed E-state index contributed by atoms with van der Waals surface area (Å²) >= 11 is 0. The van der Waals surface area contributed by atoms with Crippen molar-refractivity contribution in [3.8, 4) is 5.88 Å². The van der Waals surface area contributed by atoms with E-state index in [-0.39, 0.29) is 17.7 Å². The van der Waals surface area contributed by atoms with Crippen molar-refractivity contribution in [2.45, 2.75) is 50.4 Å². The predicted octanol–water partition coefficient (Wildman–Crippen LogP) is 4.11. The number of fused-ring (bicyclic) bond motifs is 2. The summed E-state index contributed by atoms with van der Waals surface area (Å²) < 4.78 is 19.3. The molecule has 2 unspecified atom stereocenters. The molecule has 0 saturated carbocycles. The highest BCUT2D eigenvalue weighted by molar-refractivity contribution is 5.92. The van der Waals surface area contributed by atoms with Gasteiger partial charge in [0.05, 0.1) is 55.0 Å². The number of carboxylic acids is 1. The van der Waals surface area contributed by atoms with Crippen LogP contribution in [0.1, 0.15) is 47.1 Å². The molecule has 45 heavy (non-hydrogen) atoms. The molecule has 2 saturated heterocycles. The fourth-order valence-electron chi connectivity index (χ4n) is 6.63. The number of carbonyl (C=O) groups is 1. The van der Waals surface area contributed by atoms with Crippen molar-refractivity contribution in [3.05, 3.63) is 77.3 Å². The minimum Gasteiger partial charge on any atom is -0.478 e. The Balaban J connectivity index is 0.963. The van der Waals surface area contributed by atoms with Gasteiger partial charge in [-0.2, -0.15) is 5.10 Å². The highest BCUT2D eigenvalue weighted by atomic mass is 16.5. The van der Waals surface area contributed by atoms with Gasteiger partial charge in [-0.15, -0.1) is 0 Å². The van der Waals surface area contributed by atoms with E-state index in [1.54, 1.807) is 19.2 Å². The molecule has 3 aliphatic heterocycles. The number of hydrogen-bond acceptors (Lipinski definition) is 9. The first kappa shape index (κ1) is 29.6. The van der Waals surface area contributed by atoms with E-state index in [0.29, 0.717) is 44.0 Å². The highest BCUT2D eigenvalue weighted by Gasteiger charge is 2.30. The molecule has 11 nitrogen and oxygen atoms in total. The number of likely N-dealkylation sites (tertiary alicyclic amines) is 1. The van der Waals surface area contributed by atoms with Crippen LogP contribution in [0.25, 0.3) is 11.0 Å². The van der Waals surface area contributed by atoms with E-state index in [1.165, 1.54) is 0 Å². The van der Waals surface area contributed by atoms with E-state index in [4.69, 9.17) is 24.2 Å². The van der Waals surface area contributed by atoms with Crippen LogP contribution in [0.15, 0.2) is 65.3 Å². The summed E-state index contributed by atoms with van der Waals surface area (Å²) in [6.45, 7) is 5.92. The lowest BCUT2D eigenvalue weighted by Gasteiger charge is -2.32. The van der Waals surface area contributed by atoms with Crippen molar-refractivity contribution in [2.24, 2.45) is 11.0 Å². The van der Waals surface area contributed by atoms with E-state index < -0.39 is 5.97 Å². The number of methoxy groups -OCH3 is 1. The van der Waals surface area contributed by atoms with Crippen molar-refractivity contribution < 1.29 is 24.1 Å². The number of pyridine rings is 1. The third-order valence-electron chi connectivity index (χ3n) is 9.32. The molecule has 11 heteroatoms. The Hall–Kier alpha value is -4.06. The van der Waals surface area contributed by atoms with Crippen molar-refractivity contribution in [3.63, 3.8) is 0 Å². The normalized spacial score (nSPS) is 23.3. The average Bonchev–Trinajstić information content (AvgIpc) is 3.60. The molecule has 3 aromatic rings. The van der Waals surface area contributed by atoms with Gasteiger partial charge in [-0.05, 0) is 62.2 Å². The van der Waals surface area contributed by atoms with Gasteiger partial charge in [0.15, 0.2) is 0 Å². The third-order valence-corrected chi connectivity index (χ3v) is 9.32. The van der Waals surface area contributed by atoms with Crippen LogP contribution < -0.4 is 4.74 Å².